The van der Waals surface area contributed by atoms with Crippen LogP contribution in [-0.2, 0) is 6.42 Å². The highest BCUT2D eigenvalue weighted by molar-refractivity contribution is 7.10. The van der Waals surface area contributed by atoms with Crippen LogP contribution in [-0.4, -0.2) is 6.04 Å². The van der Waals surface area contributed by atoms with E-state index in [4.69, 9.17) is 5.26 Å². The predicted octanol–water partition coefficient (Wildman–Crippen LogP) is 3.41. The fraction of sp³-hybridized carbons (Fsp3) is 0.643. The fourth-order valence-corrected chi connectivity index (χ4v) is 4.22. The third kappa shape index (κ3) is 2.12. The molecule has 3 atom stereocenters. The Hall–Kier alpha value is -0.850. The molecule has 1 aromatic heterocycles. The summed E-state index contributed by atoms with van der Waals surface area (Å²) in [5.74, 6) is 0.235. The predicted molar refractivity (Wildman–Crippen MR) is 69.9 cm³/mol. The fourth-order valence-electron chi connectivity index (χ4n) is 3.23. The van der Waals surface area contributed by atoms with Crippen molar-refractivity contribution in [3.63, 3.8) is 0 Å². The molecule has 0 spiro atoms. The number of nitrogens with one attached hydrogen (secondary N) is 1. The molecular weight excluding hydrogens is 228 g/mol. The van der Waals surface area contributed by atoms with Gasteiger partial charge in [0.25, 0.3) is 0 Å². The Kier molecular flexibility index (Phi) is 3.17. The third-order valence-corrected chi connectivity index (χ3v) is 5.15. The minimum absolute atomic E-state index is 0.235. The first-order valence-corrected chi connectivity index (χ1v) is 7.48. The molecule has 3 unspecified atom stereocenters. The van der Waals surface area contributed by atoms with Gasteiger partial charge < -0.3 is 5.32 Å². The van der Waals surface area contributed by atoms with Crippen LogP contribution in [0.4, 0.5) is 0 Å². The van der Waals surface area contributed by atoms with Crippen LogP contribution in [0, 0.1) is 17.2 Å². The van der Waals surface area contributed by atoms with Gasteiger partial charge in [-0.1, -0.05) is 6.42 Å². The summed E-state index contributed by atoms with van der Waals surface area (Å²) in [5, 5.41) is 15.1. The molecule has 3 heteroatoms. The summed E-state index contributed by atoms with van der Waals surface area (Å²) in [6, 6.07) is 5.66. The molecule has 0 radical (unpaired) electrons. The van der Waals surface area contributed by atoms with E-state index < -0.39 is 0 Å². The SMILES string of the molecule is N#CC1CCCC1NC1CCCc2sccc21. The van der Waals surface area contributed by atoms with E-state index in [-0.39, 0.29) is 5.92 Å². The molecule has 3 rings (SSSR count). The van der Waals surface area contributed by atoms with Crippen molar-refractivity contribution in [2.24, 2.45) is 5.92 Å². The van der Waals surface area contributed by atoms with E-state index in [1.54, 1.807) is 4.88 Å². The second-order valence-corrected chi connectivity index (χ2v) is 6.18. The number of thiophene rings is 1. The van der Waals surface area contributed by atoms with Gasteiger partial charge in [-0.3, -0.25) is 0 Å². The minimum atomic E-state index is 0.235. The number of hydrogen-bond donors (Lipinski definition) is 1. The zero-order chi connectivity index (χ0) is 11.7. The van der Waals surface area contributed by atoms with Crippen LogP contribution >= 0.6 is 11.3 Å². The highest BCUT2D eigenvalue weighted by Gasteiger charge is 2.31. The van der Waals surface area contributed by atoms with Crippen molar-refractivity contribution >= 4 is 11.3 Å². The molecule has 17 heavy (non-hydrogen) atoms. The van der Waals surface area contributed by atoms with Gasteiger partial charge in [-0.25, -0.2) is 0 Å². The highest BCUT2D eigenvalue weighted by Crippen LogP contribution is 2.35. The first-order chi connectivity index (χ1) is 8.38. The van der Waals surface area contributed by atoms with Gasteiger partial charge in [0.2, 0.25) is 0 Å². The van der Waals surface area contributed by atoms with E-state index in [9.17, 15) is 0 Å². The van der Waals surface area contributed by atoms with Gasteiger partial charge in [0.1, 0.15) is 0 Å². The molecule has 0 saturated heterocycles. The van der Waals surface area contributed by atoms with Crippen molar-refractivity contribution in [3.05, 3.63) is 21.9 Å². The molecule has 0 aromatic carbocycles. The monoisotopic (exact) mass is 246 g/mol. The van der Waals surface area contributed by atoms with Crippen molar-refractivity contribution in [2.45, 2.75) is 50.6 Å². The van der Waals surface area contributed by atoms with E-state index in [0.29, 0.717) is 12.1 Å². The maximum Gasteiger partial charge on any atom is 0.0672 e. The molecule has 1 saturated carbocycles. The maximum absolute atomic E-state index is 9.13. The van der Waals surface area contributed by atoms with E-state index in [1.807, 2.05) is 11.3 Å². The maximum atomic E-state index is 9.13. The number of nitrogens with zero attached hydrogens (tertiary/aromatic N) is 1. The highest BCUT2D eigenvalue weighted by atomic mass is 32.1. The van der Waals surface area contributed by atoms with Crippen molar-refractivity contribution in [1.82, 2.24) is 5.32 Å². The quantitative estimate of drug-likeness (QED) is 0.868. The zero-order valence-corrected chi connectivity index (χ0v) is 10.8. The summed E-state index contributed by atoms with van der Waals surface area (Å²) in [4.78, 5) is 1.56. The van der Waals surface area contributed by atoms with Crippen LogP contribution in [0.15, 0.2) is 11.4 Å². The Bertz CT molecular complexity index is 432. The Morgan fingerprint density at radius 2 is 2.24 bits per heavy atom. The molecular formula is C14H18N2S. The average molecular weight is 246 g/mol. The second kappa shape index (κ2) is 4.80. The van der Waals surface area contributed by atoms with Crippen LogP contribution in [0.5, 0.6) is 0 Å². The summed E-state index contributed by atoms with van der Waals surface area (Å²) < 4.78 is 0. The molecule has 2 nitrogen and oxygen atoms in total. The van der Waals surface area contributed by atoms with E-state index in [2.05, 4.69) is 22.8 Å². The summed E-state index contributed by atoms with van der Waals surface area (Å²) in [6.45, 7) is 0. The number of aryl methyl sites for hydroxylation is 1. The van der Waals surface area contributed by atoms with Crippen molar-refractivity contribution < 1.29 is 0 Å². The van der Waals surface area contributed by atoms with Crippen molar-refractivity contribution in [3.8, 4) is 6.07 Å². The molecule has 0 bridgehead atoms. The van der Waals surface area contributed by atoms with Gasteiger partial charge in [0.15, 0.2) is 0 Å². The molecule has 1 aromatic rings. The van der Waals surface area contributed by atoms with Crippen LogP contribution in [0.25, 0.3) is 0 Å². The van der Waals surface area contributed by atoms with Gasteiger partial charge in [-0.15, -0.1) is 11.3 Å². The summed E-state index contributed by atoms with van der Waals surface area (Å²) in [6.07, 6.45) is 7.23. The van der Waals surface area contributed by atoms with E-state index in [0.717, 1.165) is 6.42 Å². The van der Waals surface area contributed by atoms with Crippen LogP contribution in [0.3, 0.4) is 0 Å². The standard InChI is InChI=1S/C14H18N2S/c15-9-10-3-1-4-12(10)16-13-5-2-6-14-11(13)7-8-17-14/h7-8,10,12-13,16H,1-6H2. The molecule has 0 aliphatic heterocycles. The molecule has 90 valence electrons. The average Bonchev–Trinajstić information content (AvgIpc) is 2.97. The van der Waals surface area contributed by atoms with Gasteiger partial charge in [-0.2, -0.15) is 5.26 Å². The Balaban J connectivity index is 1.73. The molecule has 0 amide bonds. The van der Waals surface area contributed by atoms with E-state index >= 15 is 0 Å². The lowest BCUT2D eigenvalue weighted by Gasteiger charge is -2.28. The second-order valence-electron chi connectivity index (χ2n) is 5.18. The van der Waals surface area contributed by atoms with Gasteiger partial charge >= 0.3 is 0 Å². The van der Waals surface area contributed by atoms with Crippen LogP contribution in [0.2, 0.25) is 0 Å². The minimum Gasteiger partial charge on any atom is -0.306 e. The Morgan fingerprint density at radius 1 is 1.29 bits per heavy atom. The van der Waals surface area contributed by atoms with Gasteiger partial charge in [0.05, 0.1) is 12.0 Å². The van der Waals surface area contributed by atoms with Crippen LogP contribution in [0.1, 0.15) is 48.6 Å². The Labute approximate surface area is 107 Å². The number of nitriles is 1. The molecule has 2 aliphatic carbocycles. The summed E-state index contributed by atoms with van der Waals surface area (Å²) in [7, 11) is 0. The molecule has 1 heterocycles. The third-order valence-electron chi connectivity index (χ3n) is 4.15. The first kappa shape index (κ1) is 11.3. The molecule has 1 fully saturated rings. The largest absolute Gasteiger partial charge is 0.306 e. The smallest absolute Gasteiger partial charge is 0.0672 e. The topological polar surface area (TPSA) is 35.8 Å². The van der Waals surface area contributed by atoms with Gasteiger partial charge in [-0.05, 0) is 49.1 Å². The number of fused-ring (bicyclic) bond motifs is 1. The number of hydrogen-bond acceptors (Lipinski definition) is 3. The summed E-state index contributed by atoms with van der Waals surface area (Å²) in [5.41, 5.74) is 1.50. The van der Waals surface area contributed by atoms with Gasteiger partial charge in [0, 0.05) is 17.0 Å². The summed E-state index contributed by atoms with van der Waals surface area (Å²) >= 11 is 1.89. The number of rotatable bonds is 2. The van der Waals surface area contributed by atoms with Crippen molar-refractivity contribution in [2.75, 3.05) is 0 Å². The van der Waals surface area contributed by atoms with Crippen molar-refractivity contribution in [1.29, 1.82) is 5.26 Å². The Morgan fingerprint density at radius 3 is 3.12 bits per heavy atom. The lowest BCUT2D eigenvalue weighted by atomic mass is 9.92. The van der Waals surface area contributed by atoms with E-state index in [1.165, 1.54) is 37.7 Å². The molecule has 2 aliphatic rings. The molecule has 1 N–H and O–H groups in total. The lowest BCUT2D eigenvalue weighted by molar-refractivity contribution is 0.371. The normalized spacial score (nSPS) is 32.1. The van der Waals surface area contributed by atoms with Crippen LogP contribution < -0.4 is 5.32 Å². The zero-order valence-electron chi connectivity index (χ0n) is 9.98. The first-order valence-electron chi connectivity index (χ1n) is 6.60. The lowest BCUT2D eigenvalue weighted by Crippen LogP contribution is -2.36.